The Morgan fingerprint density at radius 2 is 1.59 bits per heavy atom. The van der Waals surface area contributed by atoms with Crippen molar-refractivity contribution in [1.82, 2.24) is 4.98 Å². The van der Waals surface area contributed by atoms with Crippen molar-refractivity contribution in [2.75, 3.05) is 0 Å². The predicted molar refractivity (Wildman–Crippen MR) is 91.1 cm³/mol. The Labute approximate surface area is 139 Å². The molecule has 0 saturated heterocycles. The number of hydrogen-bond donors (Lipinski definition) is 1. The summed E-state index contributed by atoms with van der Waals surface area (Å²) in [5, 5.41) is 2.43. The molecular formula is C16H11Cl2NO2S. The van der Waals surface area contributed by atoms with Crippen molar-refractivity contribution in [3.05, 3.63) is 74.5 Å². The summed E-state index contributed by atoms with van der Waals surface area (Å²) in [6.45, 7) is 0. The molecule has 3 rings (SSSR count). The van der Waals surface area contributed by atoms with Crippen molar-refractivity contribution in [2.45, 2.75) is 10.8 Å². The van der Waals surface area contributed by atoms with Gasteiger partial charge in [-0.05, 0) is 17.7 Å². The van der Waals surface area contributed by atoms with Crippen LogP contribution in [0.4, 0.5) is 0 Å². The van der Waals surface area contributed by atoms with Crippen molar-refractivity contribution in [1.29, 1.82) is 0 Å². The van der Waals surface area contributed by atoms with Crippen LogP contribution in [0.15, 0.2) is 58.4 Å². The van der Waals surface area contributed by atoms with Crippen LogP contribution in [0.5, 0.6) is 0 Å². The minimum absolute atomic E-state index is 0.114. The summed E-state index contributed by atoms with van der Waals surface area (Å²) in [5.74, 6) is 0.290. The molecule has 0 fully saturated rings. The van der Waals surface area contributed by atoms with Crippen LogP contribution >= 0.6 is 23.2 Å². The molecule has 1 atom stereocenters. The minimum Gasteiger partial charge on any atom is -0.313 e. The largest absolute Gasteiger partial charge is 0.313 e. The van der Waals surface area contributed by atoms with Crippen molar-refractivity contribution in [3.63, 3.8) is 0 Å². The average Bonchev–Trinajstić information content (AvgIpc) is 2.53. The Morgan fingerprint density at radius 3 is 2.27 bits per heavy atom. The van der Waals surface area contributed by atoms with E-state index < -0.39 is 16.4 Å². The highest BCUT2D eigenvalue weighted by Crippen LogP contribution is 2.25. The van der Waals surface area contributed by atoms with E-state index in [0.717, 1.165) is 5.56 Å². The molecular weight excluding hydrogens is 341 g/mol. The Kier molecular flexibility index (Phi) is 4.34. The van der Waals surface area contributed by atoms with Crippen LogP contribution in [-0.4, -0.2) is 9.19 Å². The molecule has 22 heavy (non-hydrogen) atoms. The lowest BCUT2D eigenvalue weighted by atomic mass is 10.2. The predicted octanol–water partition coefficient (Wildman–Crippen LogP) is 4.14. The summed E-state index contributed by atoms with van der Waals surface area (Å²) in [6, 6.07) is 14.3. The lowest BCUT2D eigenvalue weighted by Crippen LogP contribution is -2.12. The number of pyridine rings is 1. The van der Waals surface area contributed by atoms with E-state index in [0.29, 0.717) is 26.6 Å². The van der Waals surface area contributed by atoms with E-state index in [1.54, 1.807) is 30.3 Å². The first-order valence-corrected chi connectivity index (χ1v) is 8.57. The Morgan fingerprint density at radius 1 is 0.955 bits per heavy atom. The first-order chi connectivity index (χ1) is 10.6. The van der Waals surface area contributed by atoms with Crippen LogP contribution in [0.3, 0.4) is 0 Å². The molecule has 0 aliphatic carbocycles. The van der Waals surface area contributed by atoms with Gasteiger partial charge in [0.25, 0.3) is 5.56 Å². The molecule has 0 saturated carbocycles. The molecule has 1 unspecified atom stereocenters. The van der Waals surface area contributed by atoms with E-state index in [1.807, 2.05) is 18.2 Å². The van der Waals surface area contributed by atoms with E-state index in [4.69, 9.17) is 23.2 Å². The fourth-order valence-corrected chi connectivity index (χ4v) is 3.81. The van der Waals surface area contributed by atoms with E-state index in [2.05, 4.69) is 4.98 Å². The zero-order valence-corrected chi connectivity index (χ0v) is 13.6. The highest BCUT2D eigenvalue weighted by atomic mass is 35.5. The maximum Gasteiger partial charge on any atom is 0.268 e. The summed E-state index contributed by atoms with van der Waals surface area (Å²) in [6.07, 6.45) is 0. The molecule has 112 valence electrons. The molecule has 1 aromatic heterocycles. The fourth-order valence-electron chi connectivity index (χ4n) is 2.20. The average molecular weight is 352 g/mol. The maximum atomic E-state index is 12.6. The SMILES string of the molecule is O=c1[nH]c(S(=O)Cc2ccc(Cl)cc2)c2ccccc2c1Cl. The first-order valence-electron chi connectivity index (χ1n) is 6.49. The number of aromatic nitrogens is 1. The van der Waals surface area contributed by atoms with Gasteiger partial charge in [0, 0.05) is 15.8 Å². The number of rotatable bonds is 3. The third-order valence-electron chi connectivity index (χ3n) is 3.27. The van der Waals surface area contributed by atoms with Gasteiger partial charge in [0.05, 0.1) is 16.6 Å². The molecule has 2 aromatic carbocycles. The van der Waals surface area contributed by atoms with Gasteiger partial charge in [0.15, 0.2) is 0 Å². The van der Waals surface area contributed by atoms with E-state index in [9.17, 15) is 9.00 Å². The molecule has 0 bridgehead atoms. The van der Waals surface area contributed by atoms with E-state index in [1.165, 1.54) is 0 Å². The molecule has 6 heteroatoms. The summed E-state index contributed by atoms with van der Waals surface area (Å²) in [4.78, 5) is 14.6. The van der Waals surface area contributed by atoms with Gasteiger partial charge >= 0.3 is 0 Å². The first kappa shape index (κ1) is 15.3. The summed E-state index contributed by atoms with van der Waals surface area (Å²) >= 11 is 11.9. The third kappa shape index (κ3) is 2.95. The second-order valence-electron chi connectivity index (χ2n) is 4.76. The third-order valence-corrected chi connectivity index (χ3v) is 5.27. The molecule has 0 aliphatic rings. The molecule has 1 N–H and O–H groups in total. The second kappa shape index (κ2) is 6.24. The number of aromatic amines is 1. The Bertz CT molecular complexity index is 920. The molecule has 0 spiro atoms. The number of benzene rings is 2. The molecule has 0 radical (unpaired) electrons. The van der Waals surface area contributed by atoms with Crippen LogP contribution in [0.1, 0.15) is 5.56 Å². The number of fused-ring (bicyclic) bond motifs is 1. The van der Waals surface area contributed by atoms with Gasteiger partial charge in [0.2, 0.25) is 0 Å². The molecule has 3 nitrogen and oxygen atoms in total. The minimum atomic E-state index is -1.39. The summed E-state index contributed by atoms with van der Waals surface area (Å²) < 4.78 is 12.6. The van der Waals surface area contributed by atoms with Gasteiger partial charge in [-0.3, -0.25) is 9.00 Å². The van der Waals surface area contributed by atoms with Gasteiger partial charge < -0.3 is 4.98 Å². The summed E-state index contributed by atoms with van der Waals surface area (Å²) in [5.41, 5.74) is 0.447. The highest BCUT2D eigenvalue weighted by molar-refractivity contribution is 7.84. The normalized spacial score (nSPS) is 12.5. The van der Waals surface area contributed by atoms with Gasteiger partial charge in [-0.1, -0.05) is 59.6 Å². The number of hydrogen-bond acceptors (Lipinski definition) is 2. The van der Waals surface area contributed by atoms with Gasteiger partial charge in [-0.15, -0.1) is 0 Å². The molecule has 3 aromatic rings. The Balaban J connectivity index is 2.06. The fraction of sp³-hybridized carbons (Fsp3) is 0.0625. The standard InChI is InChI=1S/C16H11Cl2NO2S/c17-11-7-5-10(6-8-11)9-22(21)16-13-4-2-1-3-12(13)14(18)15(20)19-16/h1-8H,9H2,(H,19,20). The van der Waals surface area contributed by atoms with Gasteiger partial charge in [-0.25, -0.2) is 0 Å². The van der Waals surface area contributed by atoms with E-state index in [-0.39, 0.29) is 5.02 Å². The quantitative estimate of drug-likeness (QED) is 0.770. The monoisotopic (exact) mass is 351 g/mol. The topological polar surface area (TPSA) is 49.9 Å². The van der Waals surface area contributed by atoms with Crippen LogP contribution < -0.4 is 5.56 Å². The number of H-pyrrole nitrogens is 1. The lowest BCUT2D eigenvalue weighted by Gasteiger charge is -2.08. The van der Waals surface area contributed by atoms with Gasteiger partial charge in [-0.2, -0.15) is 0 Å². The maximum absolute atomic E-state index is 12.6. The number of halogens is 2. The lowest BCUT2D eigenvalue weighted by molar-refractivity contribution is 0.680. The zero-order chi connectivity index (χ0) is 15.7. The smallest absolute Gasteiger partial charge is 0.268 e. The zero-order valence-electron chi connectivity index (χ0n) is 11.3. The van der Waals surface area contributed by atoms with Crippen LogP contribution in [0.2, 0.25) is 10.0 Å². The molecule has 0 aliphatic heterocycles. The van der Waals surface area contributed by atoms with Crippen molar-refractivity contribution in [2.24, 2.45) is 0 Å². The highest BCUT2D eigenvalue weighted by Gasteiger charge is 2.14. The van der Waals surface area contributed by atoms with Crippen molar-refractivity contribution < 1.29 is 4.21 Å². The Hall–Kier alpha value is -1.62. The molecule has 0 amide bonds. The van der Waals surface area contributed by atoms with Crippen LogP contribution in [0.25, 0.3) is 10.8 Å². The molecule has 1 heterocycles. The van der Waals surface area contributed by atoms with Crippen LogP contribution in [-0.2, 0) is 16.6 Å². The van der Waals surface area contributed by atoms with Gasteiger partial charge in [0.1, 0.15) is 10.0 Å². The second-order valence-corrected chi connectivity index (χ2v) is 6.96. The number of nitrogens with one attached hydrogen (secondary N) is 1. The summed E-state index contributed by atoms with van der Waals surface area (Å²) in [7, 11) is -1.39. The van der Waals surface area contributed by atoms with Crippen LogP contribution in [0, 0.1) is 0 Å². The van der Waals surface area contributed by atoms with Crippen molar-refractivity contribution >= 4 is 44.8 Å². The van der Waals surface area contributed by atoms with Crippen molar-refractivity contribution in [3.8, 4) is 0 Å². The van der Waals surface area contributed by atoms with E-state index >= 15 is 0 Å².